The van der Waals surface area contributed by atoms with Crippen LogP contribution in [0.3, 0.4) is 0 Å². The number of esters is 1. The summed E-state index contributed by atoms with van der Waals surface area (Å²) < 4.78 is 12.7. The quantitative estimate of drug-likeness (QED) is 0.529. The first-order valence-corrected chi connectivity index (χ1v) is 10.00. The largest absolute Gasteiger partial charge is 0.464 e. The normalized spacial score (nSPS) is 19.4. The topological polar surface area (TPSA) is 124 Å². The van der Waals surface area contributed by atoms with E-state index in [1.54, 1.807) is 30.7 Å². The molecule has 0 radical (unpaired) electrons. The fourth-order valence-corrected chi connectivity index (χ4v) is 3.88. The Kier molecular flexibility index (Phi) is 5.07. The number of ether oxygens (including phenoxy) is 1. The number of urea groups is 1. The van der Waals surface area contributed by atoms with Gasteiger partial charge in [-0.05, 0) is 49.2 Å². The number of thioether (sulfide) groups is 1. The van der Waals surface area contributed by atoms with Gasteiger partial charge in [0.15, 0.2) is 0 Å². The molecular weight excluding hydrogens is 384 g/mol. The molecule has 1 atom stereocenters. The van der Waals surface area contributed by atoms with E-state index in [4.69, 9.17) is 9.15 Å². The number of nitrogens with zero attached hydrogens (tertiary/aromatic N) is 4. The SMILES string of the molecule is CCOC(=O)C1=C(CSc2nnnn2C2CC2)NC(=O)N[C@@H]1c1ccc(C)o1. The number of rotatable bonds is 7. The van der Waals surface area contributed by atoms with Gasteiger partial charge in [-0.1, -0.05) is 11.8 Å². The number of hydrogen-bond donors (Lipinski definition) is 2. The molecule has 148 valence electrons. The Morgan fingerprint density at radius 1 is 1.43 bits per heavy atom. The molecule has 0 spiro atoms. The molecular formula is C17H20N6O4S. The van der Waals surface area contributed by atoms with Crippen LogP contribution in [0.15, 0.2) is 33.0 Å². The highest BCUT2D eigenvalue weighted by molar-refractivity contribution is 7.99. The summed E-state index contributed by atoms with van der Waals surface area (Å²) in [6.07, 6.45) is 2.10. The van der Waals surface area contributed by atoms with Gasteiger partial charge in [-0.15, -0.1) is 5.10 Å². The average Bonchev–Trinajstić information content (AvgIpc) is 3.24. The molecule has 4 rings (SSSR count). The summed E-state index contributed by atoms with van der Waals surface area (Å²) in [5.74, 6) is 0.961. The molecule has 2 aromatic heterocycles. The molecule has 1 aliphatic heterocycles. The number of hydrogen-bond acceptors (Lipinski definition) is 8. The van der Waals surface area contributed by atoms with E-state index in [1.165, 1.54) is 11.8 Å². The molecule has 2 aliphatic rings. The molecule has 28 heavy (non-hydrogen) atoms. The molecule has 2 aromatic rings. The van der Waals surface area contributed by atoms with Crippen LogP contribution in [0.4, 0.5) is 4.79 Å². The predicted molar refractivity (Wildman–Crippen MR) is 98.3 cm³/mol. The van der Waals surface area contributed by atoms with Crippen LogP contribution in [0, 0.1) is 6.92 Å². The Hall–Kier alpha value is -2.82. The van der Waals surface area contributed by atoms with Crippen LogP contribution in [-0.4, -0.2) is 44.6 Å². The summed E-state index contributed by atoms with van der Waals surface area (Å²) in [5, 5.41) is 17.9. The van der Waals surface area contributed by atoms with E-state index in [9.17, 15) is 9.59 Å². The van der Waals surface area contributed by atoms with Crippen LogP contribution in [0.2, 0.25) is 0 Å². The minimum atomic E-state index is -0.725. The minimum Gasteiger partial charge on any atom is -0.464 e. The number of carbonyl (C=O) groups excluding carboxylic acids is 2. The fraction of sp³-hybridized carbons (Fsp3) is 0.471. The zero-order valence-corrected chi connectivity index (χ0v) is 16.3. The number of amides is 2. The summed E-state index contributed by atoms with van der Waals surface area (Å²) in [6.45, 7) is 3.76. The van der Waals surface area contributed by atoms with Crippen molar-refractivity contribution in [1.82, 2.24) is 30.8 Å². The zero-order valence-electron chi connectivity index (χ0n) is 15.5. The van der Waals surface area contributed by atoms with Gasteiger partial charge in [0.25, 0.3) is 0 Å². The Morgan fingerprint density at radius 2 is 2.25 bits per heavy atom. The van der Waals surface area contributed by atoms with Gasteiger partial charge in [-0.2, -0.15) is 0 Å². The van der Waals surface area contributed by atoms with Crippen molar-refractivity contribution in [2.75, 3.05) is 12.4 Å². The molecule has 11 heteroatoms. The Balaban J connectivity index is 1.65. The monoisotopic (exact) mass is 404 g/mol. The molecule has 1 saturated carbocycles. The van der Waals surface area contributed by atoms with Crippen LogP contribution < -0.4 is 10.6 Å². The second-order valence-corrected chi connectivity index (χ2v) is 7.46. The molecule has 3 heterocycles. The van der Waals surface area contributed by atoms with Gasteiger partial charge in [0.1, 0.15) is 17.6 Å². The standard InChI is InChI=1S/C17H20N6O4S/c1-3-26-15(24)13-11(8-28-17-20-21-22-23(17)10-5-6-10)18-16(25)19-14(13)12-7-4-9(2)27-12/h4,7,10,14H,3,5-6,8H2,1-2H3,(H2,18,19,25)/t14-/m1/s1. The number of furan rings is 1. The van der Waals surface area contributed by atoms with Gasteiger partial charge in [0.2, 0.25) is 5.16 Å². The van der Waals surface area contributed by atoms with Gasteiger partial charge in [0.05, 0.1) is 18.2 Å². The van der Waals surface area contributed by atoms with Crippen LogP contribution in [0.5, 0.6) is 0 Å². The highest BCUT2D eigenvalue weighted by Gasteiger charge is 2.36. The smallest absolute Gasteiger partial charge is 0.338 e. The van der Waals surface area contributed by atoms with E-state index in [2.05, 4.69) is 26.2 Å². The van der Waals surface area contributed by atoms with Crippen LogP contribution in [0.25, 0.3) is 0 Å². The van der Waals surface area contributed by atoms with E-state index in [0.717, 1.165) is 12.8 Å². The zero-order chi connectivity index (χ0) is 19.7. The van der Waals surface area contributed by atoms with E-state index in [-0.39, 0.29) is 6.61 Å². The molecule has 10 nitrogen and oxygen atoms in total. The number of aromatic nitrogens is 4. The molecule has 0 bridgehead atoms. The first-order chi connectivity index (χ1) is 13.6. The number of aryl methyl sites for hydroxylation is 1. The van der Waals surface area contributed by atoms with Crippen molar-refractivity contribution in [1.29, 1.82) is 0 Å². The van der Waals surface area contributed by atoms with Gasteiger partial charge in [-0.25, -0.2) is 14.3 Å². The Bertz CT molecular complexity index is 932. The third kappa shape index (κ3) is 3.75. The lowest BCUT2D eigenvalue weighted by Crippen LogP contribution is -2.46. The first kappa shape index (κ1) is 18.5. The van der Waals surface area contributed by atoms with Gasteiger partial charge in [-0.3, -0.25) is 0 Å². The molecule has 0 saturated heterocycles. The molecule has 2 N–H and O–H groups in total. The van der Waals surface area contributed by atoms with Crippen molar-refractivity contribution in [2.45, 2.75) is 43.9 Å². The summed E-state index contributed by atoms with van der Waals surface area (Å²) in [6, 6.07) is 2.71. The number of nitrogens with one attached hydrogen (secondary N) is 2. The summed E-state index contributed by atoms with van der Waals surface area (Å²) in [5.41, 5.74) is 0.769. The average molecular weight is 404 g/mol. The van der Waals surface area contributed by atoms with Gasteiger partial charge < -0.3 is 19.8 Å². The van der Waals surface area contributed by atoms with Crippen molar-refractivity contribution in [3.8, 4) is 0 Å². The van der Waals surface area contributed by atoms with Crippen LogP contribution in [0.1, 0.15) is 43.4 Å². The second-order valence-electron chi connectivity index (χ2n) is 6.52. The van der Waals surface area contributed by atoms with Crippen molar-refractivity contribution in [3.63, 3.8) is 0 Å². The third-order valence-electron chi connectivity index (χ3n) is 4.40. The number of carbonyl (C=O) groups is 2. The Labute approximate surface area is 165 Å². The summed E-state index contributed by atoms with van der Waals surface area (Å²) in [4.78, 5) is 24.9. The van der Waals surface area contributed by atoms with Gasteiger partial charge >= 0.3 is 12.0 Å². The predicted octanol–water partition coefficient (Wildman–Crippen LogP) is 1.87. The lowest BCUT2D eigenvalue weighted by molar-refractivity contribution is -0.139. The van der Waals surface area contributed by atoms with E-state index in [1.807, 2.05) is 0 Å². The minimum absolute atomic E-state index is 0.223. The lowest BCUT2D eigenvalue weighted by atomic mass is 10.0. The third-order valence-corrected chi connectivity index (χ3v) is 5.36. The van der Waals surface area contributed by atoms with Crippen molar-refractivity contribution >= 4 is 23.8 Å². The molecule has 1 aliphatic carbocycles. The van der Waals surface area contributed by atoms with Crippen LogP contribution in [-0.2, 0) is 9.53 Å². The van der Waals surface area contributed by atoms with E-state index < -0.39 is 18.0 Å². The maximum atomic E-state index is 12.7. The van der Waals surface area contributed by atoms with Crippen LogP contribution >= 0.6 is 11.8 Å². The van der Waals surface area contributed by atoms with Crippen molar-refractivity contribution < 1.29 is 18.7 Å². The van der Waals surface area contributed by atoms with E-state index >= 15 is 0 Å². The molecule has 0 aromatic carbocycles. The molecule has 0 unspecified atom stereocenters. The Morgan fingerprint density at radius 3 is 2.93 bits per heavy atom. The molecule has 2 amide bonds. The highest BCUT2D eigenvalue weighted by atomic mass is 32.2. The van der Waals surface area contributed by atoms with Gasteiger partial charge in [0, 0.05) is 11.4 Å². The van der Waals surface area contributed by atoms with Crippen molar-refractivity contribution in [2.24, 2.45) is 0 Å². The van der Waals surface area contributed by atoms with Crippen molar-refractivity contribution in [3.05, 3.63) is 34.9 Å². The first-order valence-electron chi connectivity index (χ1n) is 9.01. The highest BCUT2D eigenvalue weighted by Crippen LogP contribution is 2.37. The maximum absolute atomic E-state index is 12.7. The van der Waals surface area contributed by atoms with E-state index in [0.29, 0.717) is 39.7 Å². The number of tetrazole rings is 1. The lowest BCUT2D eigenvalue weighted by Gasteiger charge is -2.27. The molecule has 1 fully saturated rings. The fourth-order valence-electron chi connectivity index (χ4n) is 2.97. The second kappa shape index (κ2) is 7.66. The maximum Gasteiger partial charge on any atom is 0.338 e. The summed E-state index contributed by atoms with van der Waals surface area (Å²) >= 11 is 1.36. The summed E-state index contributed by atoms with van der Waals surface area (Å²) in [7, 11) is 0.